The number of nitrogens with zero attached hydrogens (tertiary/aromatic N) is 1. The molecule has 32 heavy (non-hydrogen) atoms. The summed E-state index contributed by atoms with van der Waals surface area (Å²) in [5.74, 6) is 1.45. The molecular weight excluding hydrogens is 434 g/mol. The lowest BCUT2D eigenvalue weighted by Crippen LogP contribution is -2.28. The van der Waals surface area contributed by atoms with Crippen LogP contribution in [0, 0.1) is 0 Å². The first kappa shape index (κ1) is 21.7. The Morgan fingerprint density at radius 2 is 1.75 bits per heavy atom. The van der Waals surface area contributed by atoms with E-state index in [2.05, 4.69) is 15.2 Å². The number of benzene rings is 2. The van der Waals surface area contributed by atoms with E-state index >= 15 is 0 Å². The summed E-state index contributed by atoms with van der Waals surface area (Å²) in [6.07, 6.45) is 2.34. The molecule has 1 heterocycles. The lowest BCUT2D eigenvalue weighted by Gasteiger charge is -2.13. The van der Waals surface area contributed by atoms with Crippen molar-refractivity contribution in [2.75, 3.05) is 30.5 Å². The summed E-state index contributed by atoms with van der Waals surface area (Å²) in [7, 11) is -0.302. The zero-order chi connectivity index (χ0) is 22.9. The second-order valence-electron chi connectivity index (χ2n) is 7.64. The molecule has 1 aliphatic rings. The van der Waals surface area contributed by atoms with Gasteiger partial charge in [0.05, 0.1) is 37.3 Å². The number of carbonyl (C=O) groups is 1. The van der Waals surface area contributed by atoms with Crippen LogP contribution in [0.3, 0.4) is 0 Å². The lowest BCUT2D eigenvalue weighted by atomic mass is 10.00. The van der Waals surface area contributed by atoms with Gasteiger partial charge in [0.25, 0.3) is 0 Å². The van der Waals surface area contributed by atoms with Crippen LogP contribution in [0.5, 0.6) is 11.5 Å². The van der Waals surface area contributed by atoms with Crippen LogP contribution < -0.4 is 19.5 Å². The number of anilines is 2. The minimum atomic E-state index is -3.42. The van der Waals surface area contributed by atoms with E-state index in [1.165, 1.54) is 0 Å². The number of sulfonamides is 1. The van der Waals surface area contributed by atoms with Gasteiger partial charge in [-0.1, -0.05) is 11.2 Å². The van der Waals surface area contributed by atoms with Gasteiger partial charge in [0.2, 0.25) is 15.9 Å². The summed E-state index contributed by atoms with van der Waals surface area (Å²) in [4.78, 5) is 13.1. The molecule has 0 radical (unpaired) electrons. The van der Waals surface area contributed by atoms with E-state index in [4.69, 9.17) is 14.0 Å². The molecule has 4 rings (SSSR count). The third-order valence-electron chi connectivity index (χ3n) is 5.28. The summed E-state index contributed by atoms with van der Waals surface area (Å²) in [5.41, 5.74) is 1.37. The van der Waals surface area contributed by atoms with Crippen LogP contribution in [-0.4, -0.2) is 40.0 Å². The average Bonchev–Trinajstić information content (AvgIpc) is 3.42. The van der Waals surface area contributed by atoms with Gasteiger partial charge in [-0.25, -0.2) is 8.42 Å². The molecule has 1 amide bonds. The van der Waals surface area contributed by atoms with Crippen LogP contribution in [0.1, 0.15) is 18.5 Å². The van der Waals surface area contributed by atoms with Crippen LogP contribution >= 0.6 is 0 Å². The molecule has 1 aliphatic carbocycles. The molecule has 9 nitrogen and oxygen atoms in total. The largest absolute Gasteiger partial charge is 0.493 e. The highest BCUT2D eigenvalue weighted by molar-refractivity contribution is 7.92. The van der Waals surface area contributed by atoms with E-state index in [0.717, 1.165) is 11.8 Å². The summed E-state index contributed by atoms with van der Waals surface area (Å²) in [6, 6.07) is 13.7. The van der Waals surface area contributed by atoms with Crippen molar-refractivity contribution in [2.45, 2.75) is 18.3 Å². The van der Waals surface area contributed by atoms with Crippen molar-refractivity contribution in [3.05, 3.63) is 54.2 Å². The summed E-state index contributed by atoms with van der Waals surface area (Å²) >= 11 is 0. The van der Waals surface area contributed by atoms with Crippen LogP contribution in [0.15, 0.2) is 53.1 Å². The van der Waals surface area contributed by atoms with E-state index in [-0.39, 0.29) is 5.91 Å². The minimum absolute atomic E-state index is 0.221. The second kappa shape index (κ2) is 8.19. The molecule has 0 spiro atoms. The fraction of sp³-hybridized carbons (Fsp3) is 0.273. The SMILES string of the molecule is COc1ccc(-c2cc(C3(C(=O)Nc4cccc(NS(C)(=O)=O)c4)CC3)no2)cc1OC. The van der Waals surface area contributed by atoms with Crippen LogP contribution in [0.25, 0.3) is 11.3 Å². The number of aromatic nitrogens is 1. The van der Waals surface area contributed by atoms with Crippen molar-refractivity contribution in [2.24, 2.45) is 0 Å². The van der Waals surface area contributed by atoms with Gasteiger partial charge in [0.15, 0.2) is 17.3 Å². The Morgan fingerprint density at radius 3 is 2.41 bits per heavy atom. The molecule has 0 saturated heterocycles. The van der Waals surface area contributed by atoms with Crippen molar-refractivity contribution >= 4 is 27.3 Å². The maximum Gasteiger partial charge on any atom is 0.236 e. The number of hydrogen-bond donors (Lipinski definition) is 2. The highest BCUT2D eigenvalue weighted by Gasteiger charge is 2.53. The van der Waals surface area contributed by atoms with Crippen molar-refractivity contribution < 1.29 is 27.2 Å². The molecule has 0 atom stereocenters. The highest BCUT2D eigenvalue weighted by Crippen LogP contribution is 2.49. The molecule has 3 aromatic rings. The quantitative estimate of drug-likeness (QED) is 0.532. The molecule has 168 valence electrons. The first-order chi connectivity index (χ1) is 15.2. The van der Waals surface area contributed by atoms with Crippen molar-refractivity contribution in [3.63, 3.8) is 0 Å². The molecular formula is C22H23N3O6S. The van der Waals surface area contributed by atoms with E-state index < -0.39 is 15.4 Å². The number of rotatable bonds is 8. The van der Waals surface area contributed by atoms with Gasteiger partial charge < -0.3 is 19.3 Å². The molecule has 0 unspecified atom stereocenters. The summed E-state index contributed by atoms with van der Waals surface area (Å²) < 4.78 is 41.4. The van der Waals surface area contributed by atoms with Crippen molar-refractivity contribution in [3.8, 4) is 22.8 Å². The topological polar surface area (TPSA) is 120 Å². The van der Waals surface area contributed by atoms with Crippen molar-refractivity contribution in [1.82, 2.24) is 5.16 Å². The minimum Gasteiger partial charge on any atom is -0.493 e. The summed E-state index contributed by atoms with van der Waals surface area (Å²) in [6.45, 7) is 0. The average molecular weight is 458 g/mol. The third kappa shape index (κ3) is 4.40. The fourth-order valence-electron chi connectivity index (χ4n) is 3.48. The lowest BCUT2D eigenvalue weighted by molar-refractivity contribution is -0.118. The van der Waals surface area contributed by atoms with Gasteiger partial charge >= 0.3 is 0 Å². The third-order valence-corrected chi connectivity index (χ3v) is 5.88. The number of methoxy groups -OCH3 is 2. The van der Waals surface area contributed by atoms with Gasteiger partial charge in [-0.05, 0) is 49.2 Å². The molecule has 2 aromatic carbocycles. The van der Waals surface area contributed by atoms with Crippen LogP contribution in [0.4, 0.5) is 11.4 Å². The number of amides is 1. The molecule has 10 heteroatoms. The Kier molecular flexibility index (Phi) is 5.55. The van der Waals surface area contributed by atoms with Gasteiger partial charge in [-0.2, -0.15) is 0 Å². The van der Waals surface area contributed by atoms with Crippen LogP contribution in [0.2, 0.25) is 0 Å². The Labute approximate surface area is 185 Å². The van der Waals surface area contributed by atoms with Gasteiger partial charge in [0.1, 0.15) is 0 Å². The zero-order valence-electron chi connectivity index (χ0n) is 17.8. The Balaban J connectivity index is 1.54. The van der Waals surface area contributed by atoms with E-state index in [9.17, 15) is 13.2 Å². The second-order valence-corrected chi connectivity index (χ2v) is 9.39. The molecule has 1 aromatic heterocycles. The maximum atomic E-state index is 13.1. The predicted molar refractivity (Wildman–Crippen MR) is 119 cm³/mol. The van der Waals surface area contributed by atoms with Gasteiger partial charge in [0, 0.05) is 17.3 Å². The Morgan fingerprint density at radius 1 is 1.03 bits per heavy atom. The summed E-state index contributed by atoms with van der Waals surface area (Å²) in [5, 5.41) is 7.01. The molecule has 0 aliphatic heterocycles. The maximum absolute atomic E-state index is 13.1. The van der Waals surface area contributed by atoms with Crippen molar-refractivity contribution in [1.29, 1.82) is 0 Å². The Bertz CT molecular complexity index is 1260. The highest BCUT2D eigenvalue weighted by atomic mass is 32.2. The molecule has 0 bridgehead atoms. The first-order valence-electron chi connectivity index (χ1n) is 9.83. The predicted octanol–water partition coefficient (Wildman–Crippen LogP) is 3.40. The van der Waals surface area contributed by atoms with E-state index in [1.807, 2.05) is 6.07 Å². The normalized spacial score (nSPS) is 14.5. The standard InChI is InChI=1S/C22H23N3O6S/c1-29-17-8-7-14(11-19(17)30-2)18-13-20(24-31-18)22(9-10-22)21(26)23-15-5-4-6-16(12-15)25-32(3,27)28/h4-8,11-13,25H,9-10H2,1-3H3,(H,23,26). The number of nitrogens with one attached hydrogen (secondary N) is 2. The smallest absolute Gasteiger partial charge is 0.236 e. The van der Waals surface area contributed by atoms with E-state index in [0.29, 0.717) is 47.2 Å². The first-order valence-corrected chi connectivity index (χ1v) is 11.7. The monoisotopic (exact) mass is 457 g/mol. The van der Waals surface area contributed by atoms with Gasteiger partial charge in [-0.15, -0.1) is 0 Å². The Hall–Kier alpha value is -3.53. The van der Waals surface area contributed by atoms with Crippen LogP contribution in [-0.2, 0) is 20.2 Å². The van der Waals surface area contributed by atoms with Gasteiger partial charge in [-0.3, -0.25) is 9.52 Å². The number of ether oxygens (including phenoxy) is 2. The number of hydrogen-bond acceptors (Lipinski definition) is 7. The fourth-order valence-corrected chi connectivity index (χ4v) is 4.03. The zero-order valence-corrected chi connectivity index (χ0v) is 18.7. The number of carbonyl (C=O) groups excluding carboxylic acids is 1. The van der Waals surface area contributed by atoms with E-state index in [1.54, 1.807) is 56.7 Å². The molecule has 2 N–H and O–H groups in total. The molecule has 1 fully saturated rings. The molecule has 1 saturated carbocycles.